The molecule has 0 aromatic carbocycles. The molecule has 2 unspecified atom stereocenters. The van der Waals surface area contributed by atoms with Crippen LogP contribution in [0.3, 0.4) is 0 Å². The van der Waals surface area contributed by atoms with Crippen molar-refractivity contribution in [2.75, 3.05) is 6.54 Å². The molecule has 6 nitrogen and oxygen atoms in total. The van der Waals surface area contributed by atoms with Crippen molar-refractivity contribution in [2.24, 2.45) is 17.6 Å². The van der Waals surface area contributed by atoms with Gasteiger partial charge in [-0.2, -0.15) is 0 Å². The number of carbonyl (C=O) groups excluding carboxylic acids is 3. The summed E-state index contributed by atoms with van der Waals surface area (Å²) >= 11 is 4.92. The van der Waals surface area contributed by atoms with E-state index in [0.29, 0.717) is 6.42 Å². The first-order chi connectivity index (χ1) is 8.79. The molecule has 19 heavy (non-hydrogen) atoms. The maximum atomic E-state index is 12.5. The summed E-state index contributed by atoms with van der Waals surface area (Å²) in [4.78, 5) is 37.0. The number of imide groups is 1. The van der Waals surface area contributed by atoms with Crippen LogP contribution >= 0.6 is 12.2 Å². The van der Waals surface area contributed by atoms with Gasteiger partial charge in [-0.25, -0.2) is 0 Å². The Hall–Kier alpha value is -1.50. The van der Waals surface area contributed by atoms with Gasteiger partial charge in [-0.1, -0.05) is 33.0 Å². The number of hydrogen-bond donors (Lipinski definition) is 2. The molecule has 1 fully saturated rings. The highest BCUT2D eigenvalue weighted by atomic mass is 32.1. The molecule has 0 spiro atoms. The van der Waals surface area contributed by atoms with Crippen molar-refractivity contribution in [3.63, 3.8) is 0 Å². The van der Waals surface area contributed by atoms with Crippen LogP contribution < -0.4 is 11.1 Å². The van der Waals surface area contributed by atoms with Crippen molar-refractivity contribution >= 4 is 34.9 Å². The Morgan fingerprint density at radius 1 is 1.53 bits per heavy atom. The van der Waals surface area contributed by atoms with Crippen LogP contribution in [0.4, 0.5) is 0 Å². The maximum Gasteiger partial charge on any atom is 0.249 e. The summed E-state index contributed by atoms with van der Waals surface area (Å²) in [7, 11) is 0. The average Bonchev–Trinajstić information content (AvgIpc) is 2.26. The van der Waals surface area contributed by atoms with Crippen LogP contribution in [-0.2, 0) is 14.4 Å². The number of nitrogens with zero attached hydrogens (tertiary/aromatic N) is 1. The van der Waals surface area contributed by atoms with Crippen LogP contribution in [0, 0.1) is 11.8 Å². The highest BCUT2D eigenvalue weighted by Crippen LogP contribution is 2.19. The second kappa shape index (κ2) is 6.10. The van der Waals surface area contributed by atoms with E-state index < -0.39 is 23.8 Å². The average molecular weight is 285 g/mol. The van der Waals surface area contributed by atoms with E-state index in [0.717, 1.165) is 0 Å². The molecule has 1 saturated heterocycles. The number of nitrogens with two attached hydrogens (primary N) is 1. The lowest BCUT2D eigenvalue weighted by molar-refractivity contribution is -0.151. The summed E-state index contributed by atoms with van der Waals surface area (Å²) in [6.45, 7) is 5.31. The fourth-order valence-electron chi connectivity index (χ4n) is 2.22. The topological polar surface area (TPSA) is 92.5 Å². The van der Waals surface area contributed by atoms with Crippen LogP contribution in [0.5, 0.6) is 0 Å². The second-order valence-electron chi connectivity index (χ2n) is 4.93. The molecule has 0 radical (unpaired) electrons. The number of hydrogen-bond acceptors (Lipinski definition) is 4. The van der Waals surface area contributed by atoms with Crippen molar-refractivity contribution in [1.82, 2.24) is 10.2 Å². The predicted molar refractivity (Wildman–Crippen MR) is 74.1 cm³/mol. The lowest BCUT2D eigenvalue weighted by atomic mass is 9.93. The van der Waals surface area contributed by atoms with Crippen molar-refractivity contribution in [1.29, 1.82) is 0 Å². The van der Waals surface area contributed by atoms with Crippen LogP contribution in [0.25, 0.3) is 0 Å². The van der Waals surface area contributed by atoms with Crippen molar-refractivity contribution in [2.45, 2.75) is 33.2 Å². The molecule has 1 heterocycles. The van der Waals surface area contributed by atoms with Gasteiger partial charge in [0.15, 0.2) is 0 Å². The zero-order valence-electron chi connectivity index (χ0n) is 11.3. The third kappa shape index (κ3) is 3.28. The minimum Gasteiger partial charge on any atom is -0.393 e. The molecule has 3 amide bonds. The van der Waals surface area contributed by atoms with E-state index in [-0.39, 0.29) is 23.4 Å². The van der Waals surface area contributed by atoms with Gasteiger partial charge in [0.05, 0.1) is 10.9 Å². The van der Waals surface area contributed by atoms with E-state index in [4.69, 9.17) is 18.0 Å². The SMILES string of the molecule is CCC1C(=O)NC(=O)CN1C(=O)C(C(N)=S)C(C)C. The summed E-state index contributed by atoms with van der Waals surface area (Å²) < 4.78 is 0. The third-order valence-corrected chi connectivity index (χ3v) is 3.42. The first-order valence-corrected chi connectivity index (χ1v) is 6.63. The Balaban J connectivity index is 3.03. The van der Waals surface area contributed by atoms with Crippen LogP contribution in [0.1, 0.15) is 27.2 Å². The van der Waals surface area contributed by atoms with E-state index in [1.165, 1.54) is 4.90 Å². The number of rotatable bonds is 4. The van der Waals surface area contributed by atoms with E-state index in [9.17, 15) is 14.4 Å². The Labute approximate surface area is 117 Å². The molecule has 0 saturated carbocycles. The van der Waals surface area contributed by atoms with Gasteiger partial charge in [-0.3, -0.25) is 19.7 Å². The zero-order chi connectivity index (χ0) is 14.7. The van der Waals surface area contributed by atoms with Gasteiger partial charge >= 0.3 is 0 Å². The lowest BCUT2D eigenvalue weighted by Crippen LogP contribution is -2.61. The molecular weight excluding hydrogens is 266 g/mol. The third-order valence-electron chi connectivity index (χ3n) is 3.16. The lowest BCUT2D eigenvalue weighted by Gasteiger charge is -2.36. The van der Waals surface area contributed by atoms with Crippen LogP contribution in [0.15, 0.2) is 0 Å². The molecule has 0 aliphatic carbocycles. The van der Waals surface area contributed by atoms with Gasteiger partial charge in [0.2, 0.25) is 17.7 Å². The number of thiocarbonyl (C=S) groups is 1. The monoisotopic (exact) mass is 285 g/mol. The molecule has 0 bridgehead atoms. The second-order valence-corrected chi connectivity index (χ2v) is 5.40. The normalized spacial score (nSPS) is 21.3. The molecule has 1 aliphatic rings. The standard InChI is InChI=1S/C12H19N3O3S/c1-4-7-11(17)14-8(16)5-15(7)12(18)9(6(2)3)10(13)19/h6-7,9H,4-5H2,1-3H3,(H2,13,19)(H,14,16,17). The number of nitrogens with one attached hydrogen (secondary N) is 1. The smallest absolute Gasteiger partial charge is 0.249 e. The maximum absolute atomic E-state index is 12.5. The van der Waals surface area contributed by atoms with Crippen molar-refractivity contribution in [3.05, 3.63) is 0 Å². The summed E-state index contributed by atoms with van der Waals surface area (Å²) in [5, 5.41) is 2.23. The van der Waals surface area contributed by atoms with E-state index in [2.05, 4.69) is 5.32 Å². The Morgan fingerprint density at radius 3 is 2.53 bits per heavy atom. The summed E-state index contributed by atoms with van der Waals surface area (Å²) in [5.74, 6) is -2.01. The number of carbonyl (C=O) groups is 3. The van der Waals surface area contributed by atoms with Crippen molar-refractivity contribution < 1.29 is 14.4 Å². The summed E-state index contributed by atoms with van der Waals surface area (Å²) in [5.41, 5.74) is 5.60. The summed E-state index contributed by atoms with van der Waals surface area (Å²) in [6, 6.07) is -0.638. The number of amides is 3. The fraction of sp³-hybridized carbons (Fsp3) is 0.667. The number of piperazine rings is 1. The molecular formula is C12H19N3O3S. The largest absolute Gasteiger partial charge is 0.393 e. The van der Waals surface area contributed by atoms with Gasteiger partial charge in [0.1, 0.15) is 12.6 Å². The van der Waals surface area contributed by atoms with E-state index in [1.54, 1.807) is 6.92 Å². The first-order valence-electron chi connectivity index (χ1n) is 6.23. The molecule has 3 N–H and O–H groups in total. The highest BCUT2D eigenvalue weighted by Gasteiger charge is 2.39. The van der Waals surface area contributed by atoms with Crippen molar-refractivity contribution in [3.8, 4) is 0 Å². The minimum atomic E-state index is -0.650. The molecule has 0 aromatic heterocycles. The molecule has 106 valence electrons. The molecule has 1 aliphatic heterocycles. The molecule has 0 aromatic rings. The van der Waals surface area contributed by atoms with Gasteiger partial charge in [0, 0.05) is 0 Å². The van der Waals surface area contributed by atoms with Gasteiger partial charge in [-0.05, 0) is 12.3 Å². The fourth-order valence-corrected chi connectivity index (χ4v) is 2.59. The Kier molecular flexibility index (Phi) is 4.99. The van der Waals surface area contributed by atoms with E-state index >= 15 is 0 Å². The van der Waals surface area contributed by atoms with Crippen LogP contribution in [0.2, 0.25) is 0 Å². The minimum absolute atomic E-state index is 0.0809. The zero-order valence-corrected chi connectivity index (χ0v) is 12.1. The predicted octanol–water partition coefficient (Wildman–Crippen LogP) is -0.192. The highest BCUT2D eigenvalue weighted by molar-refractivity contribution is 7.80. The molecule has 2 atom stereocenters. The van der Waals surface area contributed by atoms with Gasteiger partial charge in [0.25, 0.3) is 0 Å². The molecule has 1 rings (SSSR count). The Morgan fingerprint density at radius 2 is 2.11 bits per heavy atom. The van der Waals surface area contributed by atoms with E-state index in [1.807, 2.05) is 13.8 Å². The quantitative estimate of drug-likeness (QED) is 0.551. The Bertz CT molecular complexity index is 422. The summed E-state index contributed by atoms with van der Waals surface area (Å²) in [6.07, 6.45) is 0.438. The molecule has 7 heteroatoms. The van der Waals surface area contributed by atoms with Gasteiger partial charge in [-0.15, -0.1) is 0 Å². The first kappa shape index (κ1) is 15.6. The van der Waals surface area contributed by atoms with Gasteiger partial charge < -0.3 is 10.6 Å². The van der Waals surface area contributed by atoms with Crippen LogP contribution in [-0.4, -0.2) is 40.2 Å².